The van der Waals surface area contributed by atoms with Crippen LogP contribution in [0, 0.1) is 0 Å². The molecule has 1 unspecified atom stereocenters. The van der Waals surface area contributed by atoms with Crippen LogP contribution in [0.25, 0.3) is 0 Å². The van der Waals surface area contributed by atoms with E-state index in [-0.39, 0.29) is 16.7 Å². The summed E-state index contributed by atoms with van der Waals surface area (Å²) < 4.78 is 23.1. The third-order valence-corrected chi connectivity index (χ3v) is 4.16. The van der Waals surface area contributed by atoms with E-state index in [1.165, 1.54) is 6.26 Å². The number of phenolic OH excluding ortho intramolecular Hbond substituents is 1. The molecule has 2 rings (SSSR count). The SMILES string of the molecule is CC(Nc1cccc(S(C)(=O)=O)c1)c1ccccc1O. The number of benzene rings is 2. The van der Waals surface area contributed by atoms with E-state index < -0.39 is 9.84 Å². The Morgan fingerprint density at radius 3 is 2.45 bits per heavy atom. The molecule has 0 aliphatic rings. The van der Waals surface area contributed by atoms with Crippen LogP contribution in [0.3, 0.4) is 0 Å². The average Bonchev–Trinajstić information content (AvgIpc) is 2.38. The topological polar surface area (TPSA) is 66.4 Å². The van der Waals surface area contributed by atoms with Gasteiger partial charge in [-0.25, -0.2) is 8.42 Å². The Kier molecular flexibility index (Phi) is 3.99. The van der Waals surface area contributed by atoms with Crippen molar-refractivity contribution in [2.45, 2.75) is 17.9 Å². The van der Waals surface area contributed by atoms with Gasteiger partial charge in [0.1, 0.15) is 5.75 Å². The maximum Gasteiger partial charge on any atom is 0.175 e. The Bertz CT molecular complexity index is 711. The van der Waals surface area contributed by atoms with E-state index in [0.717, 1.165) is 5.56 Å². The van der Waals surface area contributed by atoms with Crippen LogP contribution in [0.15, 0.2) is 53.4 Å². The predicted molar refractivity (Wildman–Crippen MR) is 79.7 cm³/mol. The first kappa shape index (κ1) is 14.4. The molecule has 0 bridgehead atoms. The Morgan fingerprint density at radius 2 is 1.80 bits per heavy atom. The second kappa shape index (κ2) is 5.54. The fraction of sp³-hybridized carbons (Fsp3) is 0.200. The third-order valence-electron chi connectivity index (χ3n) is 3.05. The molecule has 2 aromatic rings. The number of phenols is 1. The zero-order chi connectivity index (χ0) is 14.8. The summed E-state index contributed by atoms with van der Waals surface area (Å²) in [5.74, 6) is 0.215. The highest BCUT2D eigenvalue weighted by atomic mass is 32.2. The normalized spacial score (nSPS) is 12.9. The minimum Gasteiger partial charge on any atom is -0.508 e. The highest BCUT2D eigenvalue weighted by Gasteiger charge is 2.11. The number of hydrogen-bond donors (Lipinski definition) is 2. The molecule has 4 nitrogen and oxygen atoms in total. The summed E-state index contributed by atoms with van der Waals surface area (Å²) >= 11 is 0. The van der Waals surface area contributed by atoms with Crippen molar-refractivity contribution in [3.63, 3.8) is 0 Å². The summed E-state index contributed by atoms with van der Waals surface area (Å²) in [6, 6.07) is 13.6. The summed E-state index contributed by atoms with van der Waals surface area (Å²) in [6.07, 6.45) is 1.18. The van der Waals surface area contributed by atoms with Crippen molar-refractivity contribution in [2.24, 2.45) is 0 Å². The van der Waals surface area contributed by atoms with Gasteiger partial charge in [0.25, 0.3) is 0 Å². The molecule has 2 N–H and O–H groups in total. The third kappa shape index (κ3) is 3.30. The number of nitrogens with one attached hydrogen (secondary N) is 1. The van der Waals surface area contributed by atoms with Crippen molar-refractivity contribution in [3.8, 4) is 5.75 Å². The minimum atomic E-state index is -3.22. The van der Waals surface area contributed by atoms with Gasteiger partial charge >= 0.3 is 0 Å². The van der Waals surface area contributed by atoms with E-state index in [2.05, 4.69) is 5.32 Å². The number of rotatable bonds is 4. The van der Waals surface area contributed by atoms with E-state index in [0.29, 0.717) is 5.69 Å². The molecule has 0 amide bonds. The molecule has 5 heteroatoms. The number of aromatic hydroxyl groups is 1. The molecule has 0 heterocycles. The standard InChI is InChI=1S/C15H17NO3S/c1-11(14-8-3-4-9-15(14)17)16-12-6-5-7-13(10-12)20(2,18)19/h3-11,16-17H,1-2H3. The molecule has 0 radical (unpaired) electrons. The number of hydrogen-bond acceptors (Lipinski definition) is 4. The fourth-order valence-corrected chi connectivity index (χ4v) is 2.66. The first-order chi connectivity index (χ1) is 9.38. The zero-order valence-corrected chi connectivity index (χ0v) is 12.2. The van der Waals surface area contributed by atoms with Gasteiger partial charge in [0.2, 0.25) is 0 Å². The van der Waals surface area contributed by atoms with Gasteiger partial charge < -0.3 is 10.4 Å². The van der Waals surface area contributed by atoms with Gasteiger partial charge in [-0.3, -0.25) is 0 Å². The molecule has 0 aliphatic carbocycles. The molecule has 20 heavy (non-hydrogen) atoms. The largest absolute Gasteiger partial charge is 0.508 e. The lowest BCUT2D eigenvalue weighted by Crippen LogP contribution is -2.07. The maximum absolute atomic E-state index is 11.5. The molecule has 0 fully saturated rings. The molecule has 0 spiro atoms. The van der Waals surface area contributed by atoms with Gasteiger partial charge in [-0.2, -0.15) is 0 Å². The lowest BCUT2D eigenvalue weighted by molar-refractivity contribution is 0.465. The van der Waals surface area contributed by atoms with Gasteiger partial charge in [0.15, 0.2) is 9.84 Å². The summed E-state index contributed by atoms with van der Waals surface area (Å²) in [4.78, 5) is 0.270. The van der Waals surface area contributed by atoms with Crippen LogP contribution in [-0.2, 0) is 9.84 Å². The first-order valence-electron chi connectivity index (χ1n) is 6.22. The Labute approximate surface area is 119 Å². The smallest absolute Gasteiger partial charge is 0.175 e. The van der Waals surface area contributed by atoms with Crippen LogP contribution in [0.4, 0.5) is 5.69 Å². The Balaban J connectivity index is 2.25. The average molecular weight is 291 g/mol. The molecule has 0 saturated carbocycles. The monoisotopic (exact) mass is 291 g/mol. The second-order valence-corrected chi connectivity index (χ2v) is 6.74. The predicted octanol–water partition coefficient (Wildman–Crippen LogP) is 2.97. The van der Waals surface area contributed by atoms with Crippen molar-refractivity contribution >= 4 is 15.5 Å². The van der Waals surface area contributed by atoms with Crippen molar-refractivity contribution in [1.29, 1.82) is 0 Å². The van der Waals surface area contributed by atoms with Crippen LogP contribution in [0.1, 0.15) is 18.5 Å². The molecule has 2 aromatic carbocycles. The molecule has 0 aliphatic heterocycles. The fourth-order valence-electron chi connectivity index (χ4n) is 2.00. The summed E-state index contributed by atoms with van der Waals surface area (Å²) in [5.41, 5.74) is 1.46. The summed E-state index contributed by atoms with van der Waals surface area (Å²) in [7, 11) is -3.22. The van der Waals surface area contributed by atoms with Crippen LogP contribution < -0.4 is 5.32 Å². The van der Waals surface area contributed by atoms with E-state index in [4.69, 9.17) is 0 Å². The Morgan fingerprint density at radius 1 is 1.10 bits per heavy atom. The molecule has 0 aromatic heterocycles. The molecular weight excluding hydrogens is 274 g/mol. The van der Waals surface area contributed by atoms with Crippen molar-refractivity contribution in [1.82, 2.24) is 0 Å². The Hall–Kier alpha value is -2.01. The van der Waals surface area contributed by atoms with E-state index in [1.54, 1.807) is 36.4 Å². The lowest BCUT2D eigenvalue weighted by atomic mass is 10.1. The zero-order valence-electron chi connectivity index (χ0n) is 11.4. The van der Waals surface area contributed by atoms with E-state index in [9.17, 15) is 13.5 Å². The summed E-state index contributed by atoms with van der Waals surface area (Å²) in [6.45, 7) is 1.90. The number of anilines is 1. The molecular formula is C15H17NO3S. The van der Waals surface area contributed by atoms with Crippen LogP contribution in [-0.4, -0.2) is 19.8 Å². The second-order valence-electron chi connectivity index (χ2n) is 4.72. The number of sulfone groups is 1. The maximum atomic E-state index is 11.5. The van der Waals surface area contributed by atoms with E-state index >= 15 is 0 Å². The van der Waals surface area contributed by atoms with Gasteiger partial charge in [-0.05, 0) is 31.2 Å². The van der Waals surface area contributed by atoms with E-state index in [1.807, 2.05) is 19.1 Å². The van der Waals surface area contributed by atoms with Crippen LogP contribution in [0.2, 0.25) is 0 Å². The van der Waals surface area contributed by atoms with Crippen LogP contribution >= 0.6 is 0 Å². The van der Waals surface area contributed by atoms with Gasteiger partial charge in [-0.15, -0.1) is 0 Å². The van der Waals surface area contributed by atoms with Crippen molar-refractivity contribution in [2.75, 3.05) is 11.6 Å². The molecule has 1 atom stereocenters. The van der Waals surface area contributed by atoms with Crippen molar-refractivity contribution < 1.29 is 13.5 Å². The van der Waals surface area contributed by atoms with Crippen LogP contribution in [0.5, 0.6) is 5.75 Å². The van der Waals surface area contributed by atoms with Gasteiger partial charge in [0, 0.05) is 17.5 Å². The minimum absolute atomic E-state index is 0.133. The highest BCUT2D eigenvalue weighted by Crippen LogP contribution is 2.27. The lowest BCUT2D eigenvalue weighted by Gasteiger charge is -2.17. The van der Waals surface area contributed by atoms with Crippen molar-refractivity contribution in [3.05, 3.63) is 54.1 Å². The molecule has 0 saturated heterocycles. The summed E-state index contributed by atoms with van der Waals surface area (Å²) in [5, 5.41) is 13.0. The van der Waals surface area contributed by atoms with Gasteiger partial charge in [-0.1, -0.05) is 24.3 Å². The quantitative estimate of drug-likeness (QED) is 0.909. The van der Waals surface area contributed by atoms with Gasteiger partial charge in [0.05, 0.1) is 10.9 Å². The molecule has 106 valence electrons. The first-order valence-corrected chi connectivity index (χ1v) is 8.11. The number of para-hydroxylation sites is 1. The highest BCUT2D eigenvalue weighted by molar-refractivity contribution is 7.90.